The quantitative estimate of drug-likeness (QED) is 0.572. The molecule has 138 valence electrons. The monoisotopic (exact) mass is 361 g/mol. The van der Waals surface area contributed by atoms with Gasteiger partial charge in [0, 0.05) is 35.3 Å². The van der Waals surface area contributed by atoms with Crippen LogP contribution >= 0.6 is 0 Å². The first-order valence-corrected chi connectivity index (χ1v) is 9.41. The fourth-order valence-electron chi connectivity index (χ4n) is 4.19. The molecular weight excluding hydrogens is 338 g/mol. The maximum atomic E-state index is 5.43. The number of aromatic amines is 1. The Labute approximate surface area is 157 Å². The number of aromatic nitrogens is 5. The molecule has 0 saturated heterocycles. The summed E-state index contributed by atoms with van der Waals surface area (Å²) in [7, 11) is 2.12. The minimum atomic E-state index is 0.587. The van der Waals surface area contributed by atoms with Crippen molar-refractivity contribution in [2.45, 2.75) is 46.5 Å². The Bertz CT molecular complexity index is 1150. The van der Waals surface area contributed by atoms with Crippen LogP contribution in [0, 0.1) is 27.7 Å². The molecule has 1 aliphatic rings. The van der Waals surface area contributed by atoms with E-state index in [-0.39, 0.29) is 0 Å². The van der Waals surface area contributed by atoms with E-state index in [1.165, 1.54) is 18.7 Å². The molecule has 4 aromatic rings. The van der Waals surface area contributed by atoms with Crippen LogP contribution < -0.4 is 0 Å². The second-order valence-electron chi connectivity index (χ2n) is 7.70. The average molecular weight is 361 g/mol. The zero-order valence-electron chi connectivity index (χ0n) is 16.3. The molecule has 1 saturated carbocycles. The Balaban J connectivity index is 1.88. The maximum absolute atomic E-state index is 5.43. The highest BCUT2D eigenvalue weighted by atomic mass is 16.5. The summed E-state index contributed by atoms with van der Waals surface area (Å²) < 4.78 is 7.69. The van der Waals surface area contributed by atoms with Crippen LogP contribution in [-0.4, -0.2) is 24.9 Å². The number of H-pyrrole nitrogens is 1. The Morgan fingerprint density at radius 3 is 2.44 bits per heavy atom. The first kappa shape index (κ1) is 16.3. The summed E-state index contributed by atoms with van der Waals surface area (Å²) in [4.78, 5) is 5.06. The van der Waals surface area contributed by atoms with Crippen molar-refractivity contribution < 1.29 is 4.52 Å². The van der Waals surface area contributed by atoms with Gasteiger partial charge in [-0.15, -0.1) is 0 Å². The van der Waals surface area contributed by atoms with E-state index < -0.39 is 0 Å². The molecule has 1 N–H and O–H groups in total. The lowest BCUT2D eigenvalue weighted by Gasteiger charge is -2.09. The molecule has 6 heteroatoms. The zero-order chi connectivity index (χ0) is 18.9. The van der Waals surface area contributed by atoms with E-state index in [9.17, 15) is 0 Å². The van der Waals surface area contributed by atoms with Gasteiger partial charge in [0.15, 0.2) is 0 Å². The van der Waals surface area contributed by atoms with Crippen molar-refractivity contribution in [2.75, 3.05) is 0 Å². The number of rotatable bonds is 3. The molecule has 0 spiro atoms. The van der Waals surface area contributed by atoms with Crippen molar-refractivity contribution in [1.82, 2.24) is 24.9 Å². The Morgan fingerprint density at radius 1 is 1.07 bits per heavy atom. The van der Waals surface area contributed by atoms with Crippen LogP contribution in [-0.2, 0) is 7.05 Å². The molecular formula is C21H23N5O. The molecule has 1 aromatic carbocycles. The zero-order valence-corrected chi connectivity index (χ0v) is 16.3. The first-order valence-electron chi connectivity index (χ1n) is 9.41. The van der Waals surface area contributed by atoms with E-state index in [1.807, 2.05) is 20.8 Å². The van der Waals surface area contributed by atoms with Gasteiger partial charge in [0.25, 0.3) is 0 Å². The standard InChI is InChI=1S/C21H23N5O/c1-10-18(11(2)24-23-10)16-8-15(19-12(3)25-27-13(19)4)9-17-20(16)22-21(26(17)5)14-6-7-14/h8-9,14H,6-7H2,1-5H3,(H,23,24). The largest absolute Gasteiger partial charge is 0.361 e. The van der Waals surface area contributed by atoms with Crippen LogP contribution in [0.1, 0.15) is 47.4 Å². The van der Waals surface area contributed by atoms with Crippen LogP contribution in [0.4, 0.5) is 0 Å². The Kier molecular flexibility index (Phi) is 3.35. The van der Waals surface area contributed by atoms with Gasteiger partial charge in [-0.1, -0.05) is 5.16 Å². The summed E-state index contributed by atoms with van der Waals surface area (Å²) in [5.41, 5.74) is 9.56. The Morgan fingerprint density at radius 2 is 1.85 bits per heavy atom. The maximum Gasteiger partial charge on any atom is 0.141 e. The summed E-state index contributed by atoms with van der Waals surface area (Å²) in [6, 6.07) is 4.43. The highest BCUT2D eigenvalue weighted by Gasteiger charge is 2.30. The smallest absolute Gasteiger partial charge is 0.141 e. The van der Waals surface area contributed by atoms with Crippen molar-refractivity contribution in [3.05, 3.63) is 40.8 Å². The number of aryl methyl sites for hydroxylation is 5. The van der Waals surface area contributed by atoms with E-state index in [0.717, 1.165) is 56.1 Å². The van der Waals surface area contributed by atoms with E-state index in [1.54, 1.807) is 0 Å². The number of imidazole rings is 1. The summed E-state index contributed by atoms with van der Waals surface area (Å²) in [5.74, 6) is 2.60. The minimum absolute atomic E-state index is 0.587. The van der Waals surface area contributed by atoms with Gasteiger partial charge >= 0.3 is 0 Å². The average Bonchev–Trinajstić information content (AvgIpc) is 3.25. The molecule has 6 nitrogen and oxygen atoms in total. The van der Waals surface area contributed by atoms with Gasteiger partial charge in [0.05, 0.1) is 22.4 Å². The summed E-state index contributed by atoms with van der Waals surface area (Å²) in [5, 5.41) is 11.7. The summed E-state index contributed by atoms with van der Waals surface area (Å²) >= 11 is 0. The van der Waals surface area contributed by atoms with Gasteiger partial charge in [-0.25, -0.2) is 4.98 Å². The lowest BCUT2D eigenvalue weighted by atomic mass is 9.95. The number of hydrogen-bond donors (Lipinski definition) is 1. The van der Waals surface area contributed by atoms with Crippen LogP contribution in [0.5, 0.6) is 0 Å². The van der Waals surface area contributed by atoms with Gasteiger partial charge in [-0.3, -0.25) is 5.10 Å². The number of nitrogens with zero attached hydrogens (tertiary/aromatic N) is 4. The van der Waals surface area contributed by atoms with Crippen LogP contribution in [0.25, 0.3) is 33.3 Å². The molecule has 0 bridgehead atoms. The predicted octanol–water partition coefficient (Wildman–Crippen LogP) is 4.73. The predicted molar refractivity (Wildman–Crippen MR) is 105 cm³/mol. The third-order valence-corrected chi connectivity index (χ3v) is 5.68. The lowest BCUT2D eigenvalue weighted by Crippen LogP contribution is -1.95. The highest BCUT2D eigenvalue weighted by molar-refractivity contribution is 5.98. The number of nitrogens with one attached hydrogen (secondary N) is 1. The highest BCUT2D eigenvalue weighted by Crippen LogP contribution is 2.43. The topological polar surface area (TPSA) is 72.5 Å². The molecule has 1 aliphatic carbocycles. The molecule has 0 atom stereocenters. The fourth-order valence-corrected chi connectivity index (χ4v) is 4.19. The van der Waals surface area contributed by atoms with Gasteiger partial charge in [0.2, 0.25) is 0 Å². The van der Waals surface area contributed by atoms with Gasteiger partial charge in [0.1, 0.15) is 11.6 Å². The van der Waals surface area contributed by atoms with Gasteiger partial charge in [-0.05, 0) is 58.2 Å². The molecule has 1 fully saturated rings. The summed E-state index contributed by atoms with van der Waals surface area (Å²) in [6.45, 7) is 8.06. The van der Waals surface area contributed by atoms with Crippen molar-refractivity contribution in [2.24, 2.45) is 7.05 Å². The van der Waals surface area contributed by atoms with Crippen molar-refractivity contribution >= 4 is 11.0 Å². The molecule has 0 aliphatic heterocycles. The fraction of sp³-hybridized carbons (Fsp3) is 0.381. The second-order valence-corrected chi connectivity index (χ2v) is 7.70. The molecule has 0 radical (unpaired) electrons. The van der Waals surface area contributed by atoms with Crippen molar-refractivity contribution in [1.29, 1.82) is 0 Å². The molecule has 5 rings (SSSR count). The van der Waals surface area contributed by atoms with Crippen LogP contribution in [0.15, 0.2) is 16.7 Å². The molecule has 27 heavy (non-hydrogen) atoms. The minimum Gasteiger partial charge on any atom is -0.361 e. The second kappa shape index (κ2) is 5.55. The first-order chi connectivity index (χ1) is 13.0. The van der Waals surface area contributed by atoms with Crippen LogP contribution in [0.2, 0.25) is 0 Å². The van der Waals surface area contributed by atoms with E-state index in [0.29, 0.717) is 5.92 Å². The number of hydrogen-bond acceptors (Lipinski definition) is 4. The molecule has 0 unspecified atom stereocenters. The molecule has 3 heterocycles. The summed E-state index contributed by atoms with van der Waals surface area (Å²) in [6.07, 6.45) is 2.46. The van der Waals surface area contributed by atoms with Crippen LogP contribution in [0.3, 0.4) is 0 Å². The third-order valence-electron chi connectivity index (χ3n) is 5.68. The van der Waals surface area contributed by atoms with Gasteiger partial charge in [-0.2, -0.15) is 5.10 Å². The third kappa shape index (κ3) is 2.36. The normalized spacial score (nSPS) is 14.4. The lowest BCUT2D eigenvalue weighted by molar-refractivity contribution is 0.393. The van der Waals surface area contributed by atoms with Gasteiger partial charge < -0.3 is 9.09 Å². The van der Waals surface area contributed by atoms with E-state index in [4.69, 9.17) is 9.51 Å². The SMILES string of the molecule is Cc1n[nH]c(C)c1-c1cc(-c2c(C)noc2C)cc2c1nc(C1CC1)n2C. The van der Waals surface area contributed by atoms with Crippen molar-refractivity contribution in [3.8, 4) is 22.3 Å². The van der Waals surface area contributed by atoms with Crippen molar-refractivity contribution in [3.63, 3.8) is 0 Å². The Hall–Kier alpha value is -2.89. The van der Waals surface area contributed by atoms with E-state index in [2.05, 4.69) is 46.0 Å². The molecule has 0 amide bonds. The molecule has 3 aromatic heterocycles. The number of fused-ring (bicyclic) bond motifs is 1. The van der Waals surface area contributed by atoms with E-state index >= 15 is 0 Å². The number of benzene rings is 1.